The van der Waals surface area contributed by atoms with Crippen molar-refractivity contribution >= 4 is 44.6 Å². The molecule has 238 valence electrons. The van der Waals surface area contributed by atoms with Gasteiger partial charge in [-0.2, -0.15) is 0 Å². The van der Waals surface area contributed by atoms with Crippen molar-refractivity contribution in [1.29, 1.82) is 0 Å². The number of alkyl halides is 1. The molecule has 3 unspecified atom stereocenters. The van der Waals surface area contributed by atoms with Gasteiger partial charge in [0.05, 0.1) is 22.5 Å². The minimum absolute atomic E-state index is 0.0943. The third-order valence-corrected chi connectivity index (χ3v) is 9.79. The fourth-order valence-corrected chi connectivity index (χ4v) is 6.66. The van der Waals surface area contributed by atoms with Gasteiger partial charge in [-0.25, -0.2) is 17.2 Å². The van der Waals surface area contributed by atoms with Crippen LogP contribution in [0.4, 0.5) is 14.5 Å². The quantitative estimate of drug-likeness (QED) is 0.124. The van der Waals surface area contributed by atoms with Gasteiger partial charge in [0.1, 0.15) is 17.1 Å². The molecule has 14 heteroatoms. The zero-order chi connectivity index (χ0) is 32.9. The molecule has 4 rings (SSSR count). The summed E-state index contributed by atoms with van der Waals surface area (Å²) in [5, 5.41) is 11.7. The lowest BCUT2D eigenvalue weighted by Crippen LogP contribution is -2.52. The lowest BCUT2D eigenvalue weighted by Gasteiger charge is -2.34. The van der Waals surface area contributed by atoms with E-state index in [9.17, 15) is 27.7 Å². The van der Waals surface area contributed by atoms with Crippen LogP contribution in [-0.2, 0) is 9.84 Å². The first-order chi connectivity index (χ1) is 21.2. The van der Waals surface area contributed by atoms with Crippen LogP contribution in [0.1, 0.15) is 35.3 Å². The highest BCUT2D eigenvalue weighted by molar-refractivity contribution is 7.93. The molecule has 3 aromatic carbocycles. The van der Waals surface area contributed by atoms with E-state index in [1.54, 1.807) is 31.2 Å². The van der Waals surface area contributed by atoms with E-state index in [0.717, 1.165) is 18.2 Å². The van der Waals surface area contributed by atoms with E-state index in [4.69, 9.17) is 27.9 Å². The Morgan fingerprint density at radius 2 is 1.80 bits per heavy atom. The number of nitrogens with one attached hydrogen (secondary N) is 1. The first kappa shape index (κ1) is 34.0. The van der Waals surface area contributed by atoms with Gasteiger partial charge in [0.2, 0.25) is 9.84 Å². The van der Waals surface area contributed by atoms with Gasteiger partial charge in [-0.3, -0.25) is 20.2 Å². The van der Waals surface area contributed by atoms with Crippen LogP contribution in [0, 0.1) is 10.1 Å². The SMILES string of the molecule is CC(NC1C=C(F)C=CC1(F)S(=O)(=O)c1ccc(Cl)cc1)c1ccccc1OCCCN(C)C(=O)c1ccc(Cl)cc1[N+](=O)[O-]. The summed E-state index contributed by atoms with van der Waals surface area (Å²) in [5.41, 5.74) is 0.0592. The molecule has 0 saturated heterocycles. The Morgan fingerprint density at radius 1 is 1.13 bits per heavy atom. The number of benzene rings is 3. The summed E-state index contributed by atoms with van der Waals surface area (Å²) in [7, 11) is -3.14. The molecule has 1 amide bonds. The number of hydrogen-bond donors (Lipinski definition) is 1. The van der Waals surface area contributed by atoms with Crippen LogP contribution in [0.25, 0.3) is 0 Å². The molecule has 0 bridgehead atoms. The lowest BCUT2D eigenvalue weighted by atomic mass is 10.0. The molecule has 0 radical (unpaired) electrons. The standard InChI is InChI=1S/C31H29Cl2F2N3O6S/c1-20(36-29-19-23(34)14-15-31(29,35)45(42,43)24-11-8-21(32)9-12-24)25-6-3-4-7-28(25)44-17-5-16-37(2)30(39)26-13-10-22(33)18-27(26)38(40)41/h3-4,6-15,18-20,29,36H,5,16-17H2,1-2H3. The van der Waals surface area contributed by atoms with Crippen LogP contribution in [0.2, 0.25) is 10.0 Å². The first-order valence-electron chi connectivity index (χ1n) is 13.7. The average molecular weight is 681 g/mol. The molecule has 1 N–H and O–H groups in total. The number of rotatable bonds is 12. The van der Waals surface area contributed by atoms with E-state index in [2.05, 4.69) is 5.32 Å². The van der Waals surface area contributed by atoms with Gasteiger partial charge in [0.25, 0.3) is 16.6 Å². The molecule has 1 aliphatic carbocycles. The summed E-state index contributed by atoms with van der Waals surface area (Å²) in [6.45, 7) is 2.01. The molecular formula is C31H29Cl2F2N3O6S. The minimum atomic E-state index is -4.64. The second kappa shape index (κ2) is 14.1. The highest BCUT2D eigenvalue weighted by Crippen LogP contribution is 2.38. The third-order valence-electron chi connectivity index (χ3n) is 7.20. The van der Waals surface area contributed by atoms with Crippen molar-refractivity contribution in [2.24, 2.45) is 0 Å². The van der Waals surface area contributed by atoms with Crippen LogP contribution < -0.4 is 10.1 Å². The van der Waals surface area contributed by atoms with Gasteiger partial charge in [0, 0.05) is 41.3 Å². The molecule has 0 heterocycles. The van der Waals surface area contributed by atoms with Gasteiger partial charge < -0.3 is 9.64 Å². The third kappa shape index (κ3) is 7.52. The maximum absolute atomic E-state index is 16.5. The Labute approximate surface area is 269 Å². The molecule has 0 saturated carbocycles. The zero-order valence-electron chi connectivity index (χ0n) is 24.1. The fourth-order valence-electron chi connectivity index (χ4n) is 4.79. The summed E-state index contributed by atoms with van der Waals surface area (Å²) in [6, 6.07) is 13.4. The lowest BCUT2D eigenvalue weighted by molar-refractivity contribution is -0.385. The predicted octanol–water partition coefficient (Wildman–Crippen LogP) is 7.02. The van der Waals surface area contributed by atoms with Crippen molar-refractivity contribution < 1.29 is 31.7 Å². The van der Waals surface area contributed by atoms with Gasteiger partial charge in [-0.05, 0) is 74.0 Å². The molecule has 0 aliphatic heterocycles. The van der Waals surface area contributed by atoms with Crippen molar-refractivity contribution in [2.75, 3.05) is 20.2 Å². The number of carbonyl (C=O) groups is 1. The minimum Gasteiger partial charge on any atom is -0.493 e. The molecule has 3 aromatic rings. The highest BCUT2D eigenvalue weighted by atomic mass is 35.5. The molecule has 3 atom stereocenters. The molecule has 0 fully saturated rings. The topological polar surface area (TPSA) is 119 Å². The van der Waals surface area contributed by atoms with Gasteiger partial charge in [-0.1, -0.05) is 41.4 Å². The van der Waals surface area contributed by atoms with Crippen LogP contribution in [-0.4, -0.2) is 55.4 Å². The highest BCUT2D eigenvalue weighted by Gasteiger charge is 2.51. The number of halogens is 4. The number of nitro benzene ring substituents is 1. The molecule has 9 nitrogen and oxygen atoms in total. The van der Waals surface area contributed by atoms with Crippen LogP contribution in [0.3, 0.4) is 0 Å². The molecular weight excluding hydrogens is 651 g/mol. The van der Waals surface area contributed by atoms with Crippen molar-refractivity contribution in [2.45, 2.75) is 35.3 Å². The molecule has 0 spiro atoms. The van der Waals surface area contributed by atoms with Crippen LogP contribution in [0.5, 0.6) is 5.75 Å². The Morgan fingerprint density at radius 3 is 2.49 bits per heavy atom. The number of hydrogen-bond acceptors (Lipinski definition) is 7. The second-order valence-electron chi connectivity index (χ2n) is 10.3. The Bertz CT molecular complexity index is 1750. The average Bonchev–Trinajstić information content (AvgIpc) is 3.01. The van der Waals surface area contributed by atoms with Crippen molar-refractivity contribution in [3.05, 3.63) is 122 Å². The summed E-state index contributed by atoms with van der Waals surface area (Å²) in [5.74, 6) is -0.950. The summed E-state index contributed by atoms with van der Waals surface area (Å²) in [6.07, 6.45) is 2.70. The van der Waals surface area contributed by atoms with E-state index in [1.807, 2.05) is 0 Å². The van der Waals surface area contributed by atoms with Gasteiger partial charge in [-0.15, -0.1) is 0 Å². The monoisotopic (exact) mass is 679 g/mol. The molecule has 0 aromatic heterocycles. The largest absolute Gasteiger partial charge is 0.493 e. The summed E-state index contributed by atoms with van der Waals surface area (Å²) >= 11 is 11.7. The number of amides is 1. The Hall–Kier alpha value is -3.84. The number of sulfone groups is 1. The molecule has 45 heavy (non-hydrogen) atoms. The van der Waals surface area contributed by atoms with Gasteiger partial charge in [0.15, 0.2) is 0 Å². The number of carbonyl (C=O) groups excluding carboxylic acids is 1. The van der Waals surface area contributed by atoms with E-state index in [1.165, 1.54) is 48.3 Å². The number of ether oxygens (including phenoxy) is 1. The van der Waals surface area contributed by atoms with E-state index < -0.39 is 49.3 Å². The van der Waals surface area contributed by atoms with E-state index in [0.29, 0.717) is 23.8 Å². The number of para-hydroxylation sites is 1. The van der Waals surface area contributed by atoms with Gasteiger partial charge >= 0.3 is 0 Å². The fraction of sp³-hybridized carbons (Fsp3) is 0.258. The molecule has 1 aliphatic rings. The summed E-state index contributed by atoms with van der Waals surface area (Å²) < 4.78 is 63.6. The van der Waals surface area contributed by atoms with Crippen molar-refractivity contribution in [3.63, 3.8) is 0 Å². The van der Waals surface area contributed by atoms with Crippen molar-refractivity contribution in [1.82, 2.24) is 10.2 Å². The van der Waals surface area contributed by atoms with Crippen LogP contribution >= 0.6 is 23.2 Å². The first-order valence-corrected chi connectivity index (χ1v) is 15.9. The van der Waals surface area contributed by atoms with E-state index in [-0.39, 0.29) is 33.7 Å². The van der Waals surface area contributed by atoms with E-state index >= 15 is 4.39 Å². The summed E-state index contributed by atoms with van der Waals surface area (Å²) in [4.78, 5) is 24.6. The smallest absolute Gasteiger partial charge is 0.283 e. The number of nitrogens with zero attached hydrogens (tertiary/aromatic N) is 2. The van der Waals surface area contributed by atoms with Crippen molar-refractivity contribution in [3.8, 4) is 5.75 Å². The maximum atomic E-state index is 16.5. The second-order valence-corrected chi connectivity index (χ2v) is 13.3. The Kier molecular flexibility index (Phi) is 10.6. The predicted molar refractivity (Wildman–Crippen MR) is 168 cm³/mol. The maximum Gasteiger partial charge on any atom is 0.283 e. The van der Waals surface area contributed by atoms with Crippen LogP contribution in [0.15, 0.2) is 95.7 Å². The zero-order valence-corrected chi connectivity index (χ0v) is 26.5. The number of nitro groups is 1. The normalized spacial score (nSPS) is 18.6. The Balaban J connectivity index is 1.44. The number of allylic oxidation sites excluding steroid dienone is 2.